The van der Waals surface area contributed by atoms with Crippen molar-refractivity contribution in [2.75, 3.05) is 0 Å². The van der Waals surface area contributed by atoms with E-state index in [0.29, 0.717) is 17.7 Å². The molecule has 0 fully saturated rings. The average Bonchev–Trinajstić information content (AvgIpc) is 2.69. The zero-order chi connectivity index (χ0) is 21.1. The number of hydrogen-bond donors (Lipinski definition) is 1. The Balaban J connectivity index is 0.00000450. The molecule has 0 bridgehead atoms. The normalized spacial score (nSPS) is 11.1. The summed E-state index contributed by atoms with van der Waals surface area (Å²) < 4.78 is 39.3. The zero-order valence-electron chi connectivity index (χ0n) is 18.1. The summed E-state index contributed by atoms with van der Waals surface area (Å²) >= 11 is 0. The SMILES string of the molecule is CCCCCCCCCCCc1ccc([O-])c(Oc2ccccc2)c1S(=O)(=O)O.[Na+]. The maximum absolute atomic E-state index is 12.3. The summed E-state index contributed by atoms with van der Waals surface area (Å²) in [6.45, 7) is 2.20. The van der Waals surface area contributed by atoms with Gasteiger partial charge in [0.15, 0.2) is 0 Å². The molecule has 0 aliphatic carbocycles. The van der Waals surface area contributed by atoms with Gasteiger partial charge in [-0.25, -0.2) is 0 Å². The number of benzene rings is 2. The third-order valence-corrected chi connectivity index (χ3v) is 5.89. The quantitative estimate of drug-likeness (QED) is 0.293. The van der Waals surface area contributed by atoms with Gasteiger partial charge in [0.1, 0.15) is 16.4 Å². The van der Waals surface area contributed by atoms with Gasteiger partial charge in [-0.2, -0.15) is 8.42 Å². The first-order valence-corrected chi connectivity index (χ1v) is 11.9. The standard InChI is InChI=1S/C23H32O5S.Na/c1-2-3-4-5-6-7-8-9-11-14-19-17-18-21(24)22(23(19)29(25,26)27)28-20-15-12-10-13-16-20;/h10,12-13,15-18,24H,2-9,11,14H2,1H3,(H,25,26,27);/q;+1/p-1. The van der Waals surface area contributed by atoms with Crippen molar-refractivity contribution >= 4 is 10.1 Å². The fourth-order valence-electron chi connectivity index (χ4n) is 3.39. The molecule has 0 radical (unpaired) electrons. The minimum absolute atomic E-state index is 0. The molecule has 0 aliphatic heterocycles. The number of rotatable bonds is 13. The van der Waals surface area contributed by atoms with Gasteiger partial charge in [-0.1, -0.05) is 94.4 Å². The largest absolute Gasteiger partial charge is 1.00 e. The van der Waals surface area contributed by atoms with E-state index >= 15 is 0 Å². The third-order valence-electron chi connectivity index (χ3n) is 4.93. The van der Waals surface area contributed by atoms with Gasteiger partial charge >= 0.3 is 29.6 Å². The molecule has 7 heteroatoms. The van der Waals surface area contributed by atoms with Gasteiger partial charge in [-0.15, -0.1) is 0 Å². The van der Waals surface area contributed by atoms with Crippen LogP contribution >= 0.6 is 0 Å². The van der Waals surface area contributed by atoms with Crippen molar-refractivity contribution in [3.05, 3.63) is 48.0 Å². The van der Waals surface area contributed by atoms with Crippen LogP contribution in [0.1, 0.15) is 70.3 Å². The van der Waals surface area contributed by atoms with Crippen molar-refractivity contribution in [3.63, 3.8) is 0 Å². The van der Waals surface area contributed by atoms with Crippen molar-refractivity contribution in [2.45, 2.75) is 76.0 Å². The van der Waals surface area contributed by atoms with Crippen LogP contribution in [0.15, 0.2) is 47.4 Å². The van der Waals surface area contributed by atoms with Crippen molar-refractivity contribution in [3.8, 4) is 17.2 Å². The van der Waals surface area contributed by atoms with E-state index in [1.165, 1.54) is 50.7 Å². The van der Waals surface area contributed by atoms with E-state index < -0.39 is 20.8 Å². The molecular formula is C23H31NaO5S. The maximum Gasteiger partial charge on any atom is 1.00 e. The molecule has 0 saturated carbocycles. The minimum Gasteiger partial charge on any atom is -0.870 e. The van der Waals surface area contributed by atoms with Crippen LogP contribution in [0.5, 0.6) is 17.2 Å². The van der Waals surface area contributed by atoms with Crippen LogP contribution in [0.3, 0.4) is 0 Å². The van der Waals surface area contributed by atoms with E-state index in [0.717, 1.165) is 19.3 Å². The predicted molar refractivity (Wildman–Crippen MR) is 113 cm³/mol. The summed E-state index contributed by atoms with van der Waals surface area (Å²) in [6.07, 6.45) is 10.8. The molecule has 2 aromatic rings. The van der Waals surface area contributed by atoms with Crippen molar-refractivity contribution in [1.82, 2.24) is 0 Å². The molecule has 0 aliphatic rings. The molecule has 30 heavy (non-hydrogen) atoms. The molecule has 5 nitrogen and oxygen atoms in total. The summed E-state index contributed by atoms with van der Waals surface area (Å²) in [5.74, 6) is -0.570. The van der Waals surface area contributed by atoms with E-state index in [1.807, 2.05) is 0 Å². The Morgan fingerprint density at radius 1 is 0.867 bits per heavy atom. The average molecular weight is 443 g/mol. The van der Waals surface area contributed by atoms with Gasteiger partial charge in [0, 0.05) is 0 Å². The van der Waals surface area contributed by atoms with Gasteiger partial charge in [-0.05, 0) is 30.5 Å². The van der Waals surface area contributed by atoms with E-state index in [4.69, 9.17) is 4.74 Å². The fraction of sp³-hybridized carbons (Fsp3) is 0.478. The Hall–Kier alpha value is -1.05. The summed E-state index contributed by atoms with van der Waals surface area (Å²) in [6, 6.07) is 11.3. The first kappa shape index (κ1) is 27.0. The van der Waals surface area contributed by atoms with Crippen molar-refractivity contribution < 1.29 is 52.4 Å². The number of hydrogen-bond acceptors (Lipinski definition) is 4. The molecule has 0 unspecified atom stereocenters. The molecule has 0 atom stereocenters. The Morgan fingerprint density at radius 2 is 1.43 bits per heavy atom. The number of aryl methyl sites for hydroxylation is 1. The van der Waals surface area contributed by atoms with E-state index in [1.54, 1.807) is 30.3 Å². The van der Waals surface area contributed by atoms with Crippen LogP contribution in [0.25, 0.3) is 0 Å². The predicted octanol–water partition coefficient (Wildman–Crippen LogP) is 2.88. The molecule has 160 valence electrons. The Kier molecular flexibility index (Phi) is 12.7. The van der Waals surface area contributed by atoms with E-state index in [2.05, 4.69) is 6.92 Å². The van der Waals surface area contributed by atoms with Crippen LogP contribution in [-0.4, -0.2) is 13.0 Å². The monoisotopic (exact) mass is 442 g/mol. The zero-order valence-corrected chi connectivity index (χ0v) is 20.9. The third kappa shape index (κ3) is 8.98. The molecular weight excluding hydrogens is 411 g/mol. The van der Waals surface area contributed by atoms with Crippen LogP contribution in [0, 0.1) is 0 Å². The second kappa shape index (κ2) is 14.1. The van der Waals surface area contributed by atoms with E-state index in [-0.39, 0.29) is 35.3 Å². The van der Waals surface area contributed by atoms with E-state index in [9.17, 15) is 18.1 Å². The molecule has 1 N–H and O–H groups in total. The number of para-hydroxylation sites is 1. The van der Waals surface area contributed by atoms with Gasteiger partial charge in [0.25, 0.3) is 10.1 Å². The summed E-state index contributed by atoms with van der Waals surface area (Å²) in [5, 5.41) is 12.3. The summed E-state index contributed by atoms with van der Waals surface area (Å²) in [4.78, 5) is -0.409. The summed E-state index contributed by atoms with van der Waals surface area (Å²) in [5.41, 5.74) is 0.418. The molecule has 2 rings (SSSR count). The van der Waals surface area contributed by atoms with Gasteiger partial charge in [-0.3, -0.25) is 4.55 Å². The van der Waals surface area contributed by atoms with Gasteiger partial charge in [0.2, 0.25) is 0 Å². The first-order valence-electron chi connectivity index (χ1n) is 10.5. The van der Waals surface area contributed by atoms with Gasteiger partial charge in [0.05, 0.1) is 0 Å². The molecule has 0 amide bonds. The smallest absolute Gasteiger partial charge is 0.870 e. The summed E-state index contributed by atoms with van der Waals surface area (Å²) in [7, 11) is -4.59. The Morgan fingerprint density at radius 3 is 2.00 bits per heavy atom. The molecule has 0 saturated heterocycles. The molecule has 0 spiro atoms. The van der Waals surface area contributed by atoms with Crippen LogP contribution in [0.2, 0.25) is 0 Å². The van der Waals surface area contributed by atoms with Gasteiger partial charge < -0.3 is 9.84 Å². The second-order valence-electron chi connectivity index (χ2n) is 7.35. The van der Waals surface area contributed by atoms with Crippen molar-refractivity contribution in [2.24, 2.45) is 0 Å². The molecule has 0 aromatic heterocycles. The Labute approximate surface area is 202 Å². The number of unbranched alkanes of at least 4 members (excludes halogenated alkanes) is 8. The number of ether oxygens (including phenoxy) is 1. The van der Waals surface area contributed by atoms with Crippen LogP contribution < -0.4 is 39.4 Å². The fourth-order valence-corrected chi connectivity index (χ4v) is 4.27. The molecule has 0 heterocycles. The van der Waals surface area contributed by atoms with Crippen LogP contribution in [0.4, 0.5) is 0 Å². The topological polar surface area (TPSA) is 86.7 Å². The second-order valence-corrected chi connectivity index (χ2v) is 8.71. The first-order chi connectivity index (χ1) is 13.9. The molecule has 2 aromatic carbocycles. The Bertz CT molecular complexity index is 853. The maximum atomic E-state index is 12.3. The van der Waals surface area contributed by atoms with Crippen LogP contribution in [-0.2, 0) is 16.5 Å². The van der Waals surface area contributed by atoms with Crippen molar-refractivity contribution in [1.29, 1.82) is 0 Å². The minimum atomic E-state index is -4.59.